The van der Waals surface area contributed by atoms with Gasteiger partial charge in [-0.1, -0.05) is 31.7 Å². The molecule has 0 saturated heterocycles. The number of esters is 1. The third-order valence-corrected chi connectivity index (χ3v) is 6.84. The average molecular weight is 546 g/mol. The highest BCUT2D eigenvalue weighted by Crippen LogP contribution is 2.36. The second-order valence-electron chi connectivity index (χ2n) is 8.36. The Kier molecular flexibility index (Phi) is 10.7. The topological polar surface area (TPSA) is 120 Å². The molecule has 1 aliphatic heterocycles. The van der Waals surface area contributed by atoms with Crippen molar-refractivity contribution in [2.45, 2.75) is 58.3 Å². The summed E-state index contributed by atoms with van der Waals surface area (Å²) in [6.07, 6.45) is 4.07. The number of ether oxygens (including phenoxy) is 3. The standard InChI is InChI=1S/C26H31N3O4S.O2S/c1-5-18(6-2)32-22-12-19(33-23-9-8-16(4)14-27-23)10-17-11-21(29-25(17)22)26-28-15-20(34-26)13-24(30)31-7-3;1-3-2/h8-12,14,18,20,29H,5-7,13,15H2,1-4H3;. The van der Waals surface area contributed by atoms with Gasteiger partial charge in [0.15, 0.2) is 0 Å². The summed E-state index contributed by atoms with van der Waals surface area (Å²) in [4.78, 5) is 24.4. The second-order valence-corrected chi connectivity index (χ2v) is 9.79. The summed E-state index contributed by atoms with van der Waals surface area (Å²) in [5.41, 5.74) is 2.89. The van der Waals surface area contributed by atoms with Gasteiger partial charge in [-0.25, -0.2) is 4.98 Å². The van der Waals surface area contributed by atoms with Crippen LogP contribution in [0.25, 0.3) is 10.9 Å². The first-order valence-corrected chi connectivity index (χ1v) is 13.7. The third kappa shape index (κ3) is 7.90. The van der Waals surface area contributed by atoms with E-state index in [1.165, 1.54) is 0 Å². The van der Waals surface area contributed by atoms with E-state index in [1.54, 1.807) is 18.0 Å². The van der Waals surface area contributed by atoms with Crippen LogP contribution in [0.3, 0.4) is 0 Å². The fraction of sp³-hybridized carbons (Fsp3) is 0.423. The Morgan fingerprint density at radius 1 is 1.19 bits per heavy atom. The molecule has 3 heterocycles. The van der Waals surface area contributed by atoms with Gasteiger partial charge in [0.25, 0.3) is 0 Å². The van der Waals surface area contributed by atoms with Crippen molar-refractivity contribution in [3.8, 4) is 17.4 Å². The number of H-pyrrole nitrogens is 1. The van der Waals surface area contributed by atoms with Gasteiger partial charge in [-0.3, -0.25) is 9.79 Å². The molecule has 198 valence electrons. The molecule has 0 radical (unpaired) electrons. The monoisotopic (exact) mass is 545 g/mol. The molecule has 1 aromatic carbocycles. The molecule has 4 rings (SSSR count). The Morgan fingerprint density at radius 3 is 2.59 bits per heavy atom. The number of pyridine rings is 1. The van der Waals surface area contributed by atoms with E-state index in [2.05, 4.69) is 34.9 Å². The zero-order chi connectivity index (χ0) is 26.8. The van der Waals surface area contributed by atoms with E-state index in [4.69, 9.17) is 22.6 Å². The number of aromatic nitrogens is 2. The Bertz CT molecular complexity index is 1270. The first-order valence-electron chi connectivity index (χ1n) is 12.1. The number of hydrogen-bond donors (Lipinski definition) is 1. The van der Waals surface area contributed by atoms with Crippen LogP contribution in [-0.2, 0) is 21.1 Å². The second kappa shape index (κ2) is 13.9. The number of benzene rings is 1. The normalized spacial score (nSPS) is 14.6. The summed E-state index contributed by atoms with van der Waals surface area (Å²) in [6.45, 7) is 9.05. The zero-order valence-electron chi connectivity index (χ0n) is 21.3. The van der Waals surface area contributed by atoms with E-state index < -0.39 is 11.6 Å². The molecular weight excluding hydrogens is 514 g/mol. The summed E-state index contributed by atoms with van der Waals surface area (Å²) in [7, 11) is 0. The van der Waals surface area contributed by atoms with Crippen molar-refractivity contribution in [2.75, 3.05) is 13.2 Å². The van der Waals surface area contributed by atoms with E-state index in [0.717, 1.165) is 45.8 Å². The molecule has 0 fully saturated rings. The zero-order valence-corrected chi connectivity index (χ0v) is 22.9. The molecular formula is C26H31N3O6S2. The molecule has 1 aliphatic rings. The highest BCUT2D eigenvalue weighted by molar-refractivity contribution is 8.15. The lowest BCUT2D eigenvalue weighted by Gasteiger charge is -2.17. The van der Waals surface area contributed by atoms with Crippen molar-refractivity contribution in [2.24, 2.45) is 4.99 Å². The number of aromatic amines is 1. The largest absolute Gasteiger partial charge is 0.488 e. The number of rotatable bonds is 10. The van der Waals surface area contributed by atoms with Gasteiger partial charge in [0, 0.05) is 29.0 Å². The van der Waals surface area contributed by atoms with E-state index in [9.17, 15) is 4.79 Å². The summed E-state index contributed by atoms with van der Waals surface area (Å²) in [5.74, 6) is 1.76. The van der Waals surface area contributed by atoms with Gasteiger partial charge in [0.2, 0.25) is 5.88 Å². The van der Waals surface area contributed by atoms with E-state index in [1.807, 2.05) is 38.1 Å². The van der Waals surface area contributed by atoms with Crippen LogP contribution in [0, 0.1) is 6.92 Å². The van der Waals surface area contributed by atoms with Crippen LogP contribution in [0.15, 0.2) is 41.5 Å². The van der Waals surface area contributed by atoms with Gasteiger partial charge in [0.05, 0.1) is 36.9 Å². The number of carbonyl (C=O) groups excluding carboxylic acids is 1. The molecule has 1 N–H and O–H groups in total. The fourth-order valence-electron chi connectivity index (χ4n) is 3.80. The molecule has 0 bridgehead atoms. The van der Waals surface area contributed by atoms with Crippen LogP contribution >= 0.6 is 11.8 Å². The van der Waals surface area contributed by atoms with E-state index in [0.29, 0.717) is 31.2 Å². The lowest BCUT2D eigenvalue weighted by Crippen LogP contribution is -2.14. The molecule has 0 spiro atoms. The van der Waals surface area contributed by atoms with E-state index >= 15 is 0 Å². The number of hydrogen-bond acceptors (Lipinski definition) is 9. The fourth-order valence-corrected chi connectivity index (χ4v) is 4.87. The van der Waals surface area contributed by atoms with Crippen molar-refractivity contribution in [3.05, 3.63) is 47.8 Å². The van der Waals surface area contributed by atoms with Crippen molar-refractivity contribution in [3.63, 3.8) is 0 Å². The van der Waals surface area contributed by atoms with Crippen molar-refractivity contribution >= 4 is 45.2 Å². The number of aryl methyl sites for hydroxylation is 1. The molecule has 11 heteroatoms. The van der Waals surface area contributed by atoms with Crippen molar-refractivity contribution < 1.29 is 27.4 Å². The van der Waals surface area contributed by atoms with Crippen LogP contribution < -0.4 is 9.47 Å². The highest BCUT2D eigenvalue weighted by atomic mass is 32.2. The SMILES string of the molecule is CCOC(=O)CC1CN=C(c2cc3cc(Oc4ccc(C)cn4)cc(OC(CC)CC)c3[nH]2)S1.O=S=O. The number of nitrogens with zero attached hydrogens (tertiary/aromatic N) is 2. The van der Waals surface area contributed by atoms with Gasteiger partial charge >= 0.3 is 17.5 Å². The Labute approximate surface area is 224 Å². The Morgan fingerprint density at radius 2 is 1.95 bits per heavy atom. The number of thioether (sulfide) groups is 1. The van der Waals surface area contributed by atoms with Crippen molar-refractivity contribution in [1.29, 1.82) is 0 Å². The van der Waals surface area contributed by atoms with Crippen LogP contribution in [0.1, 0.15) is 51.3 Å². The highest BCUT2D eigenvalue weighted by Gasteiger charge is 2.25. The molecule has 37 heavy (non-hydrogen) atoms. The predicted molar refractivity (Wildman–Crippen MR) is 145 cm³/mol. The molecule has 1 unspecified atom stereocenters. The van der Waals surface area contributed by atoms with Crippen molar-refractivity contribution in [1.82, 2.24) is 9.97 Å². The maximum atomic E-state index is 11.9. The van der Waals surface area contributed by atoms with E-state index in [-0.39, 0.29) is 17.3 Å². The van der Waals surface area contributed by atoms with Gasteiger partial charge in [-0.2, -0.15) is 8.42 Å². The van der Waals surface area contributed by atoms with Crippen LogP contribution in [0.2, 0.25) is 0 Å². The molecule has 0 amide bonds. The average Bonchev–Trinajstić information content (AvgIpc) is 3.51. The maximum absolute atomic E-state index is 11.9. The van der Waals surface area contributed by atoms with Gasteiger partial charge in [-0.05, 0) is 44.4 Å². The third-order valence-electron chi connectivity index (χ3n) is 5.62. The summed E-state index contributed by atoms with van der Waals surface area (Å²) in [6, 6.07) is 9.78. The van der Waals surface area contributed by atoms with Crippen LogP contribution in [0.5, 0.6) is 17.4 Å². The molecule has 0 saturated carbocycles. The minimum absolute atomic E-state index is 0.0900. The first kappa shape index (κ1) is 28.4. The van der Waals surface area contributed by atoms with Gasteiger partial charge in [-0.15, -0.1) is 0 Å². The summed E-state index contributed by atoms with van der Waals surface area (Å²) < 4.78 is 34.1. The Hall–Kier alpha value is -3.18. The van der Waals surface area contributed by atoms with Gasteiger partial charge < -0.3 is 19.2 Å². The lowest BCUT2D eigenvalue weighted by molar-refractivity contribution is -0.143. The smallest absolute Gasteiger partial charge is 0.335 e. The number of carbonyl (C=O) groups is 1. The quantitative estimate of drug-likeness (QED) is 0.337. The minimum atomic E-state index is -0.750. The molecule has 1 atom stereocenters. The molecule has 2 aromatic heterocycles. The van der Waals surface area contributed by atoms with Gasteiger partial charge in [0.1, 0.15) is 16.5 Å². The van der Waals surface area contributed by atoms with Crippen LogP contribution in [0.4, 0.5) is 0 Å². The summed E-state index contributed by atoms with van der Waals surface area (Å²) in [5, 5.41) is 1.95. The molecule has 3 aromatic rings. The molecule has 9 nitrogen and oxygen atoms in total. The Balaban J connectivity index is 0.00000121. The number of fused-ring (bicyclic) bond motifs is 1. The first-order chi connectivity index (χ1) is 17.9. The predicted octanol–water partition coefficient (Wildman–Crippen LogP) is 5.38. The maximum Gasteiger partial charge on any atom is 0.335 e. The lowest BCUT2D eigenvalue weighted by atomic mass is 10.2. The number of aliphatic imine (C=N–C) groups is 1. The minimum Gasteiger partial charge on any atom is -0.488 e. The van der Waals surface area contributed by atoms with Crippen LogP contribution in [-0.4, -0.2) is 53.9 Å². The molecule has 0 aliphatic carbocycles. The number of nitrogens with one attached hydrogen (secondary N) is 1. The summed E-state index contributed by atoms with van der Waals surface area (Å²) >= 11 is 0.856.